The van der Waals surface area contributed by atoms with Crippen LogP contribution in [0.5, 0.6) is 0 Å². The third kappa shape index (κ3) is 3.36. The molecule has 1 fully saturated rings. The predicted molar refractivity (Wildman–Crippen MR) is 77.1 cm³/mol. The second-order valence-corrected chi connectivity index (χ2v) is 6.71. The van der Waals surface area contributed by atoms with Crippen LogP contribution < -0.4 is 5.32 Å². The molecule has 0 aliphatic heterocycles. The lowest BCUT2D eigenvalue weighted by molar-refractivity contribution is -0.142. The molecule has 0 saturated heterocycles. The number of hydrogen-bond donors (Lipinski definition) is 2. The van der Waals surface area contributed by atoms with Crippen molar-refractivity contribution in [1.29, 1.82) is 0 Å². The van der Waals surface area contributed by atoms with Crippen LogP contribution in [0.25, 0.3) is 0 Å². The monoisotopic (exact) mass is 296 g/mol. The summed E-state index contributed by atoms with van der Waals surface area (Å²) in [5.74, 6) is -1.55. The zero-order valence-electron chi connectivity index (χ0n) is 11.8. The van der Waals surface area contributed by atoms with Crippen molar-refractivity contribution in [3.8, 4) is 0 Å². The highest BCUT2D eigenvalue weighted by Crippen LogP contribution is 2.24. The van der Waals surface area contributed by atoms with Gasteiger partial charge >= 0.3 is 5.97 Å². The molecule has 1 aromatic heterocycles. The maximum atomic E-state index is 12.3. The Morgan fingerprint density at radius 3 is 2.55 bits per heavy atom. The summed E-state index contributed by atoms with van der Waals surface area (Å²) in [4.78, 5) is 28.7. The molecule has 5 nitrogen and oxygen atoms in total. The molecule has 0 radical (unpaired) electrons. The maximum absolute atomic E-state index is 12.3. The van der Waals surface area contributed by atoms with Crippen molar-refractivity contribution < 1.29 is 14.7 Å². The fourth-order valence-electron chi connectivity index (χ4n) is 2.75. The normalized spacial score (nSPS) is 23.1. The fraction of sp³-hybridized carbons (Fsp3) is 0.643. The van der Waals surface area contributed by atoms with Gasteiger partial charge in [0, 0.05) is 10.9 Å². The fourth-order valence-corrected chi connectivity index (χ4v) is 3.57. The lowest BCUT2D eigenvalue weighted by Crippen LogP contribution is -2.43. The average Bonchev–Trinajstić information content (AvgIpc) is 2.60. The minimum absolute atomic E-state index is 0.245. The van der Waals surface area contributed by atoms with Crippen molar-refractivity contribution in [2.45, 2.75) is 52.0 Å². The first-order valence-corrected chi connectivity index (χ1v) is 7.78. The van der Waals surface area contributed by atoms with E-state index in [2.05, 4.69) is 10.3 Å². The van der Waals surface area contributed by atoms with E-state index in [1.165, 1.54) is 11.3 Å². The molecule has 1 heterocycles. The predicted octanol–water partition coefficient (Wildman–Crippen LogP) is 2.52. The van der Waals surface area contributed by atoms with Crippen molar-refractivity contribution in [2.24, 2.45) is 5.92 Å². The molecular weight excluding hydrogens is 276 g/mol. The summed E-state index contributed by atoms with van der Waals surface area (Å²) in [7, 11) is 0. The Kier molecular flexibility index (Phi) is 4.75. The van der Waals surface area contributed by atoms with Gasteiger partial charge in [-0.2, -0.15) is 0 Å². The number of amides is 1. The number of nitrogens with one attached hydrogen (secondary N) is 1. The Labute approximate surface area is 122 Å². The molecule has 2 atom stereocenters. The molecule has 0 unspecified atom stereocenters. The van der Waals surface area contributed by atoms with Crippen LogP contribution in [0.15, 0.2) is 0 Å². The number of carbonyl (C=O) groups excluding carboxylic acids is 1. The summed E-state index contributed by atoms with van der Waals surface area (Å²) < 4.78 is 0. The highest BCUT2D eigenvalue weighted by Gasteiger charge is 2.31. The SMILES string of the molecule is Cc1nc(C(=O)N[C@H]2CCCCC[C@H]2C(=O)O)c(C)s1. The van der Waals surface area contributed by atoms with E-state index in [0.717, 1.165) is 35.6 Å². The van der Waals surface area contributed by atoms with E-state index in [9.17, 15) is 14.7 Å². The van der Waals surface area contributed by atoms with Crippen LogP contribution >= 0.6 is 11.3 Å². The van der Waals surface area contributed by atoms with Crippen LogP contribution in [-0.2, 0) is 4.79 Å². The number of aryl methyl sites for hydroxylation is 2. The number of carboxylic acids is 1. The minimum Gasteiger partial charge on any atom is -0.481 e. The zero-order valence-corrected chi connectivity index (χ0v) is 12.6. The molecule has 2 N–H and O–H groups in total. The van der Waals surface area contributed by atoms with E-state index < -0.39 is 11.9 Å². The average molecular weight is 296 g/mol. The molecule has 0 spiro atoms. The van der Waals surface area contributed by atoms with Crippen molar-refractivity contribution in [3.05, 3.63) is 15.6 Å². The first-order valence-electron chi connectivity index (χ1n) is 6.96. The molecule has 20 heavy (non-hydrogen) atoms. The summed E-state index contributed by atoms with van der Waals surface area (Å²) in [6.07, 6.45) is 4.27. The number of aliphatic carboxylic acids is 1. The molecule has 110 valence electrons. The van der Waals surface area contributed by atoms with Gasteiger partial charge in [-0.3, -0.25) is 9.59 Å². The van der Waals surface area contributed by atoms with E-state index in [0.29, 0.717) is 12.1 Å². The number of aromatic nitrogens is 1. The van der Waals surface area contributed by atoms with Gasteiger partial charge < -0.3 is 10.4 Å². The number of rotatable bonds is 3. The summed E-state index contributed by atoms with van der Waals surface area (Å²) in [6, 6.07) is -0.288. The van der Waals surface area contributed by atoms with Crippen LogP contribution in [0.2, 0.25) is 0 Å². The van der Waals surface area contributed by atoms with Crippen LogP contribution in [0, 0.1) is 19.8 Å². The van der Waals surface area contributed by atoms with Crippen LogP contribution in [0.4, 0.5) is 0 Å². The molecular formula is C14H20N2O3S. The topological polar surface area (TPSA) is 79.3 Å². The Bertz CT molecular complexity index is 513. The molecule has 1 aliphatic carbocycles. The zero-order chi connectivity index (χ0) is 14.7. The minimum atomic E-state index is -0.816. The van der Waals surface area contributed by atoms with Crippen molar-refractivity contribution in [3.63, 3.8) is 0 Å². The third-order valence-corrected chi connectivity index (χ3v) is 4.65. The smallest absolute Gasteiger partial charge is 0.308 e. The van der Waals surface area contributed by atoms with Gasteiger partial charge in [0.2, 0.25) is 0 Å². The largest absolute Gasteiger partial charge is 0.481 e. The third-order valence-electron chi connectivity index (χ3n) is 3.77. The Balaban J connectivity index is 2.11. The van der Waals surface area contributed by atoms with E-state index >= 15 is 0 Å². The second-order valence-electron chi connectivity index (χ2n) is 5.30. The van der Waals surface area contributed by atoms with Gasteiger partial charge in [-0.25, -0.2) is 4.98 Å². The molecule has 1 saturated carbocycles. The molecule has 2 rings (SSSR count). The molecule has 6 heteroatoms. The van der Waals surface area contributed by atoms with Crippen LogP contribution in [0.1, 0.15) is 52.5 Å². The van der Waals surface area contributed by atoms with Crippen LogP contribution in [-0.4, -0.2) is 28.0 Å². The van der Waals surface area contributed by atoms with E-state index in [4.69, 9.17) is 0 Å². The molecule has 1 amide bonds. The van der Waals surface area contributed by atoms with Gasteiger partial charge in [-0.1, -0.05) is 19.3 Å². The summed E-state index contributed by atoms with van der Waals surface area (Å²) in [5.41, 5.74) is 0.431. The van der Waals surface area contributed by atoms with E-state index in [1.54, 1.807) is 0 Å². The maximum Gasteiger partial charge on any atom is 0.308 e. The lowest BCUT2D eigenvalue weighted by Gasteiger charge is -2.22. The van der Waals surface area contributed by atoms with Gasteiger partial charge in [0.25, 0.3) is 5.91 Å². The lowest BCUT2D eigenvalue weighted by atomic mass is 9.95. The number of thiazole rings is 1. The van der Waals surface area contributed by atoms with E-state index in [-0.39, 0.29) is 11.9 Å². The summed E-state index contributed by atoms with van der Waals surface area (Å²) >= 11 is 1.48. The highest BCUT2D eigenvalue weighted by atomic mass is 32.1. The first kappa shape index (κ1) is 15.0. The number of hydrogen-bond acceptors (Lipinski definition) is 4. The standard InChI is InChI=1S/C14H20N2O3S/c1-8-12(15-9(2)20-8)13(17)16-11-7-5-3-4-6-10(11)14(18)19/h10-11H,3-7H2,1-2H3,(H,16,17)(H,18,19)/t10-,11+/m1/s1. The molecule has 1 aromatic rings. The Morgan fingerprint density at radius 2 is 1.95 bits per heavy atom. The Hall–Kier alpha value is -1.43. The van der Waals surface area contributed by atoms with Crippen LogP contribution in [0.3, 0.4) is 0 Å². The summed E-state index contributed by atoms with van der Waals surface area (Å²) in [6.45, 7) is 3.72. The molecule has 0 bridgehead atoms. The van der Waals surface area contributed by atoms with Gasteiger partial charge in [0.05, 0.1) is 10.9 Å². The number of nitrogens with zero attached hydrogens (tertiary/aromatic N) is 1. The van der Waals surface area contributed by atoms with Gasteiger partial charge in [-0.05, 0) is 26.7 Å². The van der Waals surface area contributed by atoms with Crippen molar-refractivity contribution >= 4 is 23.2 Å². The quantitative estimate of drug-likeness (QED) is 0.840. The van der Waals surface area contributed by atoms with Gasteiger partial charge in [0.15, 0.2) is 0 Å². The number of carbonyl (C=O) groups is 2. The first-order chi connectivity index (χ1) is 9.49. The summed E-state index contributed by atoms with van der Waals surface area (Å²) in [5, 5.41) is 13.0. The highest BCUT2D eigenvalue weighted by molar-refractivity contribution is 7.11. The van der Waals surface area contributed by atoms with E-state index in [1.807, 2.05) is 13.8 Å². The van der Waals surface area contributed by atoms with Crippen molar-refractivity contribution in [2.75, 3.05) is 0 Å². The second kappa shape index (κ2) is 6.35. The van der Waals surface area contributed by atoms with Gasteiger partial charge in [0.1, 0.15) is 5.69 Å². The molecule has 1 aliphatic rings. The number of carboxylic acid groups (broad SMARTS) is 1. The van der Waals surface area contributed by atoms with Gasteiger partial charge in [-0.15, -0.1) is 11.3 Å². The Morgan fingerprint density at radius 1 is 1.25 bits per heavy atom. The van der Waals surface area contributed by atoms with Crippen molar-refractivity contribution in [1.82, 2.24) is 10.3 Å². The molecule has 0 aromatic carbocycles.